The van der Waals surface area contributed by atoms with Gasteiger partial charge in [0.25, 0.3) is 5.91 Å². The fourth-order valence-electron chi connectivity index (χ4n) is 3.31. The van der Waals surface area contributed by atoms with E-state index in [1.807, 2.05) is 19.1 Å². The number of carbonyl (C=O) groups excluding carboxylic acids is 2. The van der Waals surface area contributed by atoms with Crippen LogP contribution in [0, 0.1) is 5.82 Å². The molecule has 0 saturated carbocycles. The van der Waals surface area contributed by atoms with Gasteiger partial charge in [0, 0.05) is 24.7 Å². The Morgan fingerprint density at radius 2 is 1.55 bits per heavy atom. The average molecular weight is 451 g/mol. The van der Waals surface area contributed by atoms with Crippen molar-refractivity contribution in [3.8, 4) is 17.2 Å². The van der Waals surface area contributed by atoms with Crippen molar-refractivity contribution in [3.63, 3.8) is 0 Å². The molecule has 33 heavy (non-hydrogen) atoms. The lowest BCUT2D eigenvalue weighted by atomic mass is 10.1. The van der Waals surface area contributed by atoms with Gasteiger partial charge in [0.2, 0.25) is 0 Å². The Kier molecular flexibility index (Phi) is 8.02. The van der Waals surface area contributed by atoms with Gasteiger partial charge in [0.05, 0.1) is 19.8 Å². The van der Waals surface area contributed by atoms with E-state index in [4.69, 9.17) is 14.2 Å². The van der Waals surface area contributed by atoms with E-state index in [1.165, 1.54) is 32.4 Å². The molecule has 0 aromatic heterocycles. The minimum absolute atomic E-state index is 0.121. The molecule has 1 amide bonds. The second-order valence-corrected chi connectivity index (χ2v) is 7.34. The van der Waals surface area contributed by atoms with Crippen LogP contribution in [-0.2, 0) is 11.3 Å². The largest absolute Gasteiger partial charge is 0.493 e. The Morgan fingerprint density at radius 1 is 0.879 bits per heavy atom. The molecule has 0 fully saturated rings. The van der Waals surface area contributed by atoms with Crippen molar-refractivity contribution >= 4 is 11.9 Å². The zero-order valence-electron chi connectivity index (χ0n) is 18.8. The molecule has 0 radical (unpaired) electrons. The van der Waals surface area contributed by atoms with Crippen LogP contribution in [0.15, 0.2) is 66.7 Å². The molecule has 0 bridgehead atoms. The monoisotopic (exact) mass is 451 g/mol. The number of hydrogen-bond acceptors (Lipinski definition) is 5. The molecule has 0 N–H and O–H groups in total. The minimum Gasteiger partial charge on any atom is -0.493 e. The first-order valence-corrected chi connectivity index (χ1v) is 10.5. The maximum atomic E-state index is 13.6. The third-order valence-electron chi connectivity index (χ3n) is 4.98. The maximum absolute atomic E-state index is 13.6. The van der Waals surface area contributed by atoms with Gasteiger partial charge in [0.15, 0.2) is 11.5 Å². The lowest BCUT2D eigenvalue weighted by Gasteiger charge is -2.22. The molecule has 0 atom stereocenters. The van der Waals surface area contributed by atoms with E-state index in [-0.39, 0.29) is 11.7 Å². The zero-order chi connectivity index (χ0) is 23.8. The third-order valence-corrected chi connectivity index (χ3v) is 4.98. The van der Waals surface area contributed by atoms with E-state index < -0.39 is 11.8 Å². The fourth-order valence-corrected chi connectivity index (χ4v) is 3.31. The van der Waals surface area contributed by atoms with Crippen LogP contribution >= 0.6 is 0 Å². The Bertz CT molecular complexity index is 1100. The second kappa shape index (κ2) is 11.1. The van der Waals surface area contributed by atoms with Gasteiger partial charge in [-0.1, -0.05) is 19.1 Å². The van der Waals surface area contributed by atoms with Crippen LogP contribution in [0.3, 0.4) is 0 Å². The highest BCUT2D eigenvalue weighted by Gasteiger charge is 2.17. The highest BCUT2D eigenvalue weighted by Crippen LogP contribution is 2.32. The van der Waals surface area contributed by atoms with Crippen molar-refractivity contribution in [1.29, 1.82) is 0 Å². The molecule has 0 saturated heterocycles. The highest BCUT2D eigenvalue weighted by molar-refractivity contribution is 5.94. The molecule has 172 valence electrons. The van der Waals surface area contributed by atoms with E-state index in [1.54, 1.807) is 41.3 Å². The number of methoxy groups -OCH3 is 2. The molecule has 6 nitrogen and oxygen atoms in total. The van der Waals surface area contributed by atoms with E-state index in [0.717, 1.165) is 12.0 Å². The molecule has 0 heterocycles. The quantitative estimate of drug-likeness (QED) is 0.404. The lowest BCUT2D eigenvalue weighted by Crippen LogP contribution is -2.31. The molecule has 0 aliphatic carbocycles. The summed E-state index contributed by atoms with van der Waals surface area (Å²) < 4.78 is 29.2. The summed E-state index contributed by atoms with van der Waals surface area (Å²) in [6.07, 6.45) is 0.798. The highest BCUT2D eigenvalue weighted by atomic mass is 19.1. The number of esters is 1. The first-order chi connectivity index (χ1) is 15.9. The van der Waals surface area contributed by atoms with Crippen LogP contribution in [-0.4, -0.2) is 37.5 Å². The minimum atomic E-state index is -0.438. The van der Waals surface area contributed by atoms with Gasteiger partial charge in [-0.2, -0.15) is 0 Å². The van der Waals surface area contributed by atoms with E-state index in [0.29, 0.717) is 35.7 Å². The van der Waals surface area contributed by atoms with Crippen molar-refractivity contribution < 1.29 is 28.2 Å². The van der Waals surface area contributed by atoms with Crippen LogP contribution in [0.25, 0.3) is 0 Å². The van der Waals surface area contributed by atoms with Gasteiger partial charge in [0.1, 0.15) is 11.6 Å². The molecule has 0 aliphatic rings. The molecule has 0 aliphatic heterocycles. The summed E-state index contributed by atoms with van der Waals surface area (Å²) >= 11 is 0. The van der Waals surface area contributed by atoms with Crippen molar-refractivity contribution in [3.05, 3.63) is 89.2 Å². The van der Waals surface area contributed by atoms with E-state index >= 15 is 0 Å². The Morgan fingerprint density at radius 3 is 2.15 bits per heavy atom. The topological polar surface area (TPSA) is 65.1 Å². The fraction of sp³-hybridized carbons (Fsp3) is 0.231. The Labute approximate surface area is 192 Å². The smallest absolute Gasteiger partial charge is 0.337 e. The Hall–Kier alpha value is -3.87. The predicted molar refractivity (Wildman–Crippen MR) is 122 cm³/mol. The first-order valence-electron chi connectivity index (χ1n) is 10.5. The standard InChI is InChI=1S/C26H26FNO5/c1-4-15-28(17-18-5-7-20(8-6-18)26(30)32-3)25(29)19-9-12-22(13-10-19)33-24-16-21(27)11-14-23(24)31-2/h5-14,16H,4,15,17H2,1-3H3. The van der Waals surface area contributed by atoms with Crippen LogP contribution < -0.4 is 9.47 Å². The number of hydrogen-bond donors (Lipinski definition) is 0. The maximum Gasteiger partial charge on any atom is 0.337 e. The number of ether oxygens (including phenoxy) is 3. The normalized spacial score (nSPS) is 10.4. The molecule has 3 aromatic carbocycles. The summed E-state index contributed by atoms with van der Waals surface area (Å²) in [4.78, 5) is 26.5. The first kappa shape index (κ1) is 23.8. The molecule has 3 rings (SSSR count). The van der Waals surface area contributed by atoms with E-state index in [2.05, 4.69) is 0 Å². The molecular formula is C26H26FNO5. The second-order valence-electron chi connectivity index (χ2n) is 7.34. The van der Waals surface area contributed by atoms with Gasteiger partial charge in [-0.25, -0.2) is 9.18 Å². The number of benzene rings is 3. The number of halogens is 1. The Balaban J connectivity index is 1.72. The number of amides is 1. The van der Waals surface area contributed by atoms with Crippen LogP contribution in [0.5, 0.6) is 17.2 Å². The van der Waals surface area contributed by atoms with Crippen molar-refractivity contribution in [2.75, 3.05) is 20.8 Å². The summed E-state index contributed by atoms with van der Waals surface area (Å²) in [6.45, 7) is 2.99. The summed E-state index contributed by atoms with van der Waals surface area (Å²) in [7, 11) is 2.82. The summed E-state index contributed by atoms with van der Waals surface area (Å²) in [5.41, 5.74) is 1.87. The third kappa shape index (κ3) is 6.10. The molecular weight excluding hydrogens is 425 g/mol. The van der Waals surface area contributed by atoms with Gasteiger partial charge in [-0.15, -0.1) is 0 Å². The van der Waals surface area contributed by atoms with E-state index in [9.17, 15) is 14.0 Å². The van der Waals surface area contributed by atoms with Gasteiger partial charge >= 0.3 is 5.97 Å². The van der Waals surface area contributed by atoms with Gasteiger partial charge in [-0.3, -0.25) is 4.79 Å². The zero-order valence-corrected chi connectivity index (χ0v) is 18.8. The molecule has 0 spiro atoms. The van der Waals surface area contributed by atoms with Crippen LogP contribution in [0.1, 0.15) is 39.6 Å². The van der Waals surface area contributed by atoms with Crippen molar-refractivity contribution in [2.24, 2.45) is 0 Å². The van der Waals surface area contributed by atoms with Crippen LogP contribution in [0.2, 0.25) is 0 Å². The summed E-state index contributed by atoms with van der Waals surface area (Å²) in [5.74, 6) is 0.150. The lowest BCUT2D eigenvalue weighted by molar-refractivity contribution is 0.0600. The number of nitrogens with zero attached hydrogens (tertiary/aromatic N) is 1. The van der Waals surface area contributed by atoms with Gasteiger partial charge in [-0.05, 0) is 60.5 Å². The number of carbonyl (C=O) groups is 2. The molecule has 0 unspecified atom stereocenters. The van der Waals surface area contributed by atoms with Crippen molar-refractivity contribution in [1.82, 2.24) is 4.90 Å². The van der Waals surface area contributed by atoms with Gasteiger partial charge < -0.3 is 19.1 Å². The summed E-state index contributed by atoms with van der Waals surface area (Å²) in [5, 5.41) is 0. The predicted octanol–water partition coefficient (Wildman–Crippen LogP) is 5.47. The number of rotatable bonds is 9. The molecule has 7 heteroatoms. The van der Waals surface area contributed by atoms with Crippen molar-refractivity contribution in [2.45, 2.75) is 19.9 Å². The summed E-state index contributed by atoms with van der Waals surface area (Å²) in [6, 6.07) is 17.7. The average Bonchev–Trinajstić information content (AvgIpc) is 2.84. The molecule has 3 aromatic rings. The SMILES string of the molecule is CCCN(Cc1ccc(C(=O)OC)cc1)C(=O)c1ccc(Oc2cc(F)ccc2OC)cc1. The van der Waals surface area contributed by atoms with Crippen LogP contribution in [0.4, 0.5) is 4.39 Å².